The molecular formula is C12H15FN2O2. The number of carbonyl (C=O) groups is 1. The topological polar surface area (TPSA) is 51.2 Å². The van der Waals surface area contributed by atoms with Gasteiger partial charge in [-0.1, -0.05) is 0 Å². The lowest BCUT2D eigenvalue weighted by molar-refractivity contribution is 0.0906. The Bertz CT molecular complexity index is 392. The molecule has 0 spiro atoms. The largest absolute Gasteiger partial charge is 0.378 e. The number of hydrogen-bond acceptors (Lipinski definition) is 3. The highest BCUT2D eigenvalue weighted by Gasteiger charge is 2.15. The van der Waals surface area contributed by atoms with Crippen molar-refractivity contribution in [2.45, 2.75) is 25.4 Å². The summed E-state index contributed by atoms with van der Waals surface area (Å²) < 4.78 is 18.2. The molecule has 0 saturated carbocycles. The van der Waals surface area contributed by atoms with Crippen LogP contribution in [0.2, 0.25) is 0 Å². The molecule has 1 unspecified atom stereocenters. The summed E-state index contributed by atoms with van der Waals surface area (Å²) in [5.41, 5.74) is 0.296. The van der Waals surface area contributed by atoms with E-state index in [-0.39, 0.29) is 12.0 Å². The minimum absolute atomic E-state index is 0.254. The van der Waals surface area contributed by atoms with Crippen molar-refractivity contribution in [3.63, 3.8) is 0 Å². The standard InChI is InChI=1S/C12H15FN2O2/c13-11-8-9(3-5-14-11)12(16)15-6-4-10-2-1-7-17-10/h3,5,8,10H,1-2,4,6-7H2,(H,15,16). The number of hydrogen-bond donors (Lipinski definition) is 1. The summed E-state index contributed by atoms with van der Waals surface area (Å²) in [7, 11) is 0. The third kappa shape index (κ3) is 3.49. The Kier molecular flexibility index (Phi) is 4.03. The van der Waals surface area contributed by atoms with Gasteiger partial charge >= 0.3 is 0 Å². The molecule has 1 atom stereocenters. The molecular weight excluding hydrogens is 223 g/mol. The van der Waals surface area contributed by atoms with E-state index >= 15 is 0 Å². The number of ether oxygens (including phenoxy) is 1. The zero-order chi connectivity index (χ0) is 12.1. The molecule has 1 aromatic rings. The Labute approximate surface area is 99.2 Å². The van der Waals surface area contributed by atoms with E-state index < -0.39 is 5.95 Å². The van der Waals surface area contributed by atoms with Crippen LogP contribution in [0.1, 0.15) is 29.6 Å². The highest BCUT2D eigenvalue weighted by Crippen LogP contribution is 2.14. The molecule has 1 fully saturated rings. The van der Waals surface area contributed by atoms with Gasteiger partial charge in [-0.2, -0.15) is 4.39 Å². The average molecular weight is 238 g/mol. The number of aromatic nitrogens is 1. The van der Waals surface area contributed by atoms with Gasteiger partial charge in [-0.3, -0.25) is 4.79 Å². The van der Waals surface area contributed by atoms with Crippen LogP contribution < -0.4 is 5.32 Å². The number of carbonyl (C=O) groups excluding carboxylic acids is 1. The van der Waals surface area contributed by atoms with Crippen molar-refractivity contribution in [3.05, 3.63) is 29.8 Å². The first kappa shape index (κ1) is 12.0. The molecule has 1 amide bonds. The highest BCUT2D eigenvalue weighted by atomic mass is 19.1. The van der Waals surface area contributed by atoms with E-state index in [0.717, 1.165) is 31.9 Å². The van der Waals surface area contributed by atoms with E-state index in [0.29, 0.717) is 12.1 Å². The minimum atomic E-state index is -0.642. The summed E-state index contributed by atoms with van der Waals surface area (Å²) in [6.07, 6.45) is 4.49. The summed E-state index contributed by atoms with van der Waals surface area (Å²) in [5, 5.41) is 2.74. The summed E-state index contributed by atoms with van der Waals surface area (Å²) in [4.78, 5) is 15.0. The second-order valence-electron chi connectivity index (χ2n) is 4.05. The predicted octanol–water partition coefficient (Wildman–Crippen LogP) is 1.52. The Morgan fingerprint density at radius 1 is 1.65 bits per heavy atom. The molecule has 0 aromatic carbocycles. The van der Waals surface area contributed by atoms with Crippen LogP contribution in [0, 0.1) is 5.95 Å². The zero-order valence-corrected chi connectivity index (χ0v) is 9.49. The second-order valence-corrected chi connectivity index (χ2v) is 4.05. The Morgan fingerprint density at radius 2 is 2.53 bits per heavy atom. The van der Waals surface area contributed by atoms with Gasteiger partial charge in [-0.05, 0) is 25.3 Å². The lowest BCUT2D eigenvalue weighted by atomic mass is 10.2. The van der Waals surface area contributed by atoms with Crippen LogP contribution in [0.25, 0.3) is 0 Å². The van der Waals surface area contributed by atoms with Gasteiger partial charge in [0, 0.05) is 31.0 Å². The number of halogens is 1. The molecule has 1 aliphatic rings. The molecule has 1 N–H and O–H groups in total. The lowest BCUT2D eigenvalue weighted by Gasteiger charge is -2.09. The molecule has 0 aliphatic carbocycles. The molecule has 4 nitrogen and oxygen atoms in total. The van der Waals surface area contributed by atoms with Crippen LogP contribution in [0.5, 0.6) is 0 Å². The molecule has 0 radical (unpaired) electrons. The number of nitrogens with one attached hydrogen (secondary N) is 1. The molecule has 17 heavy (non-hydrogen) atoms. The first-order chi connectivity index (χ1) is 8.25. The van der Waals surface area contributed by atoms with Crippen LogP contribution in [0.15, 0.2) is 18.3 Å². The van der Waals surface area contributed by atoms with Gasteiger partial charge in [-0.25, -0.2) is 4.98 Å². The number of nitrogens with zero attached hydrogens (tertiary/aromatic N) is 1. The van der Waals surface area contributed by atoms with E-state index in [2.05, 4.69) is 10.3 Å². The minimum Gasteiger partial charge on any atom is -0.378 e. The van der Waals surface area contributed by atoms with Crippen molar-refractivity contribution >= 4 is 5.91 Å². The SMILES string of the molecule is O=C(NCCC1CCCO1)c1ccnc(F)c1. The fourth-order valence-electron chi connectivity index (χ4n) is 1.86. The fraction of sp³-hybridized carbons (Fsp3) is 0.500. The Morgan fingerprint density at radius 3 is 3.24 bits per heavy atom. The number of pyridine rings is 1. The Hall–Kier alpha value is -1.49. The molecule has 2 heterocycles. The second kappa shape index (κ2) is 5.72. The third-order valence-corrected chi connectivity index (χ3v) is 2.76. The van der Waals surface area contributed by atoms with Crippen molar-refractivity contribution in [1.29, 1.82) is 0 Å². The van der Waals surface area contributed by atoms with Crippen LogP contribution in [-0.4, -0.2) is 30.1 Å². The molecule has 5 heteroatoms. The molecule has 2 rings (SSSR count). The van der Waals surface area contributed by atoms with Crippen molar-refractivity contribution in [1.82, 2.24) is 10.3 Å². The smallest absolute Gasteiger partial charge is 0.251 e. The molecule has 1 aliphatic heterocycles. The number of amides is 1. The van der Waals surface area contributed by atoms with Gasteiger partial charge in [0.15, 0.2) is 0 Å². The van der Waals surface area contributed by atoms with Crippen molar-refractivity contribution in [2.75, 3.05) is 13.2 Å². The van der Waals surface area contributed by atoms with E-state index in [1.165, 1.54) is 12.3 Å². The zero-order valence-electron chi connectivity index (χ0n) is 9.49. The molecule has 1 aromatic heterocycles. The van der Waals surface area contributed by atoms with Gasteiger partial charge in [0.25, 0.3) is 5.91 Å². The number of rotatable bonds is 4. The van der Waals surface area contributed by atoms with E-state index in [1.807, 2.05) is 0 Å². The van der Waals surface area contributed by atoms with Gasteiger partial charge in [0.1, 0.15) is 0 Å². The summed E-state index contributed by atoms with van der Waals surface area (Å²) in [6.45, 7) is 1.36. The van der Waals surface area contributed by atoms with Gasteiger partial charge in [-0.15, -0.1) is 0 Å². The summed E-state index contributed by atoms with van der Waals surface area (Å²) >= 11 is 0. The summed E-state index contributed by atoms with van der Waals surface area (Å²) in [6, 6.07) is 2.62. The van der Waals surface area contributed by atoms with E-state index in [4.69, 9.17) is 4.74 Å². The maximum absolute atomic E-state index is 12.8. The Balaban J connectivity index is 1.77. The van der Waals surface area contributed by atoms with E-state index in [9.17, 15) is 9.18 Å². The highest BCUT2D eigenvalue weighted by molar-refractivity contribution is 5.93. The monoisotopic (exact) mass is 238 g/mol. The van der Waals surface area contributed by atoms with Crippen molar-refractivity contribution < 1.29 is 13.9 Å². The third-order valence-electron chi connectivity index (χ3n) is 2.76. The molecule has 0 bridgehead atoms. The van der Waals surface area contributed by atoms with Crippen LogP contribution in [-0.2, 0) is 4.74 Å². The first-order valence-corrected chi connectivity index (χ1v) is 5.77. The maximum Gasteiger partial charge on any atom is 0.251 e. The molecule has 1 saturated heterocycles. The van der Waals surface area contributed by atoms with Gasteiger partial charge in [0.05, 0.1) is 6.10 Å². The van der Waals surface area contributed by atoms with Crippen LogP contribution >= 0.6 is 0 Å². The van der Waals surface area contributed by atoms with Crippen LogP contribution in [0.4, 0.5) is 4.39 Å². The lowest BCUT2D eigenvalue weighted by Crippen LogP contribution is -2.27. The molecule has 92 valence electrons. The van der Waals surface area contributed by atoms with Crippen LogP contribution in [0.3, 0.4) is 0 Å². The van der Waals surface area contributed by atoms with Crippen molar-refractivity contribution in [2.24, 2.45) is 0 Å². The quantitative estimate of drug-likeness (QED) is 0.809. The summed E-state index contributed by atoms with van der Waals surface area (Å²) in [5.74, 6) is -0.916. The van der Waals surface area contributed by atoms with E-state index in [1.54, 1.807) is 0 Å². The predicted molar refractivity (Wildman–Crippen MR) is 60.1 cm³/mol. The van der Waals surface area contributed by atoms with Crippen molar-refractivity contribution in [3.8, 4) is 0 Å². The van der Waals surface area contributed by atoms with Gasteiger partial charge in [0.2, 0.25) is 5.95 Å². The van der Waals surface area contributed by atoms with Gasteiger partial charge < -0.3 is 10.1 Å². The first-order valence-electron chi connectivity index (χ1n) is 5.77. The normalized spacial score (nSPS) is 19.2. The fourth-order valence-corrected chi connectivity index (χ4v) is 1.86. The maximum atomic E-state index is 12.8. The average Bonchev–Trinajstić information content (AvgIpc) is 2.82.